The van der Waals surface area contributed by atoms with Crippen LogP contribution < -0.4 is 10.1 Å². The van der Waals surface area contributed by atoms with Crippen LogP contribution in [0.2, 0.25) is 0 Å². The van der Waals surface area contributed by atoms with Crippen LogP contribution in [0.3, 0.4) is 0 Å². The largest absolute Gasteiger partial charge is 0.494 e. The summed E-state index contributed by atoms with van der Waals surface area (Å²) in [5.74, 6) is 0.0993. The Bertz CT molecular complexity index is 504. The third-order valence-corrected chi connectivity index (χ3v) is 3.81. The molecule has 1 aliphatic carbocycles. The Morgan fingerprint density at radius 2 is 1.81 bits per heavy atom. The lowest BCUT2D eigenvalue weighted by Gasteiger charge is -2.27. The fourth-order valence-electron chi connectivity index (χ4n) is 2.71. The first-order valence-corrected chi connectivity index (χ1v) is 7.25. The Kier molecular flexibility index (Phi) is 4.83. The van der Waals surface area contributed by atoms with Crippen LogP contribution in [0.25, 0.3) is 0 Å². The highest BCUT2D eigenvalue weighted by Crippen LogP contribution is 2.31. The first kappa shape index (κ1) is 15.4. The van der Waals surface area contributed by atoms with E-state index in [1.54, 1.807) is 24.3 Å². The van der Waals surface area contributed by atoms with E-state index in [0.29, 0.717) is 25.0 Å². The maximum absolute atomic E-state index is 12.3. The highest BCUT2D eigenvalue weighted by Gasteiger charge is 2.43. The molecule has 21 heavy (non-hydrogen) atoms. The summed E-state index contributed by atoms with van der Waals surface area (Å²) in [5.41, 5.74) is -0.363. The molecule has 0 atom stereocenters. The first-order valence-electron chi connectivity index (χ1n) is 7.25. The van der Waals surface area contributed by atoms with Gasteiger partial charge in [-0.25, -0.2) is 4.79 Å². The molecule has 1 aromatic rings. The van der Waals surface area contributed by atoms with Crippen molar-refractivity contribution in [1.29, 1.82) is 0 Å². The van der Waals surface area contributed by atoms with Crippen molar-refractivity contribution in [3.05, 3.63) is 29.8 Å². The van der Waals surface area contributed by atoms with Crippen molar-refractivity contribution in [3.63, 3.8) is 0 Å². The second-order valence-corrected chi connectivity index (χ2v) is 5.19. The molecule has 5 heteroatoms. The number of hydrogen-bond acceptors (Lipinski definition) is 4. The summed E-state index contributed by atoms with van der Waals surface area (Å²) >= 11 is 0. The van der Waals surface area contributed by atoms with Crippen molar-refractivity contribution in [1.82, 2.24) is 5.32 Å². The van der Waals surface area contributed by atoms with Crippen molar-refractivity contribution in [2.75, 3.05) is 13.7 Å². The lowest BCUT2D eigenvalue weighted by Crippen LogP contribution is -2.53. The molecule has 0 saturated heterocycles. The van der Waals surface area contributed by atoms with Gasteiger partial charge in [0, 0.05) is 5.56 Å². The summed E-state index contributed by atoms with van der Waals surface area (Å²) in [5, 5.41) is 2.86. The fourth-order valence-corrected chi connectivity index (χ4v) is 2.71. The van der Waals surface area contributed by atoms with Gasteiger partial charge in [-0.1, -0.05) is 12.8 Å². The number of hydrogen-bond donors (Lipinski definition) is 1. The van der Waals surface area contributed by atoms with Crippen LogP contribution in [-0.2, 0) is 9.53 Å². The molecule has 1 N–H and O–H groups in total. The molecule has 0 heterocycles. The lowest BCUT2D eigenvalue weighted by atomic mass is 9.97. The Hall–Kier alpha value is -2.04. The molecule has 5 nitrogen and oxygen atoms in total. The van der Waals surface area contributed by atoms with Gasteiger partial charge >= 0.3 is 5.97 Å². The standard InChI is InChI=1S/C16H21NO4/c1-3-21-13-8-6-12(7-9-13)14(18)17-16(15(19)20-2)10-4-5-11-16/h6-9H,3-5,10-11H2,1-2H3,(H,17,18). The molecular weight excluding hydrogens is 270 g/mol. The van der Waals surface area contributed by atoms with Gasteiger partial charge in [-0.05, 0) is 44.0 Å². The van der Waals surface area contributed by atoms with Gasteiger partial charge in [-0.3, -0.25) is 4.79 Å². The van der Waals surface area contributed by atoms with Gasteiger partial charge in [-0.2, -0.15) is 0 Å². The molecule has 1 aromatic carbocycles. The van der Waals surface area contributed by atoms with Crippen LogP contribution in [0, 0.1) is 0 Å². The lowest BCUT2D eigenvalue weighted by molar-refractivity contribution is -0.148. The molecule has 114 valence electrons. The van der Waals surface area contributed by atoms with Crippen molar-refractivity contribution in [3.8, 4) is 5.75 Å². The molecular formula is C16H21NO4. The van der Waals surface area contributed by atoms with E-state index in [2.05, 4.69) is 5.32 Å². The quantitative estimate of drug-likeness (QED) is 0.845. The molecule has 1 saturated carbocycles. The summed E-state index contributed by atoms with van der Waals surface area (Å²) in [6, 6.07) is 6.89. The maximum Gasteiger partial charge on any atom is 0.331 e. The number of methoxy groups -OCH3 is 1. The predicted molar refractivity (Wildman–Crippen MR) is 78.3 cm³/mol. The minimum absolute atomic E-state index is 0.259. The van der Waals surface area contributed by atoms with E-state index >= 15 is 0 Å². The molecule has 0 spiro atoms. The maximum atomic E-state index is 12.3. The summed E-state index contributed by atoms with van der Waals surface area (Å²) < 4.78 is 10.2. The Morgan fingerprint density at radius 1 is 1.19 bits per heavy atom. The minimum Gasteiger partial charge on any atom is -0.494 e. The van der Waals surface area contributed by atoms with Crippen LogP contribution in [0.5, 0.6) is 5.75 Å². The predicted octanol–water partition coefficient (Wildman–Crippen LogP) is 2.30. The number of benzene rings is 1. The molecule has 0 unspecified atom stereocenters. The van der Waals surface area contributed by atoms with Crippen LogP contribution in [0.1, 0.15) is 43.0 Å². The Morgan fingerprint density at radius 3 is 2.33 bits per heavy atom. The number of ether oxygens (including phenoxy) is 2. The van der Waals surface area contributed by atoms with Crippen molar-refractivity contribution in [2.24, 2.45) is 0 Å². The normalized spacial score (nSPS) is 16.3. The topological polar surface area (TPSA) is 64.6 Å². The van der Waals surface area contributed by atoms with Crippen molar-refractivity contribution < 1.29 is 19.1 Å². The van der Waals surface area contributed by atoms with E-state index < -0.39 is 5.54 Å². The zero-order valence-corrected chi connectivity index (χ0v) is 12.5. The third-order valence-electron chi connectivity index (χ3n) is 3.81. The van der Waals surface area contributed by atoms with Gasteiger partial charge in [-0.15, -0.1) is 0 Å². The molecule has 2 rings (SSSR count). The number of carbonyl (C=O) groups is 2. The molecule has 1 amide bonds. The number of rotatable bonds is 5. The monoisotopic (exact) mass is 291 g/mol. The van der Waals surface area contributed by atoms with Gasteiger partial charge in [0.2, 0.25) is 0 Å². The molecule has 0 aliphatic heterocycles. The molecule has 0 aromatic heterocycles. The van der Waals surface area contributed by atoms with E-state index in [1.807, 2.05) is 6.92 Å². The Labute approximate surface area is 124 Å². The average molecular weight is 291 g/mol. The number of carbonyl (C=O) groups excluding carboxylic acids is 2. The van der Waals surface area contributed by atoms with Crippen LogP contribution in [-0.4, -0.2) is 31.1 Å². The molecule has 0 bridgehead atoms. The van der Waals surface area contributed by atoms with Crippen molar-refractivity contribution >= 4 is 11.9 Å². The van der Waals surface area contributed by atoms with E-state index in [9.17, 15) is 9.59 Å². The average Bonchev–Trinajstić information content (AvgIpc) is 2.97. The zero-order chi connectivity index (χ0) is 15.3. The second kappa shape index (κ2) is 6.61. The third kappa shape index (κ3) is 3.35. The minimum atomic E-state index is -0.871. The summed E-state index contributed by atoms with van der Waals surface area (Å²) in [7, 11) is 1.35. The van der Waals surface area contributed by atoms with Gasteiger partial charge in [0.1, 0.15) is 11.3 Å². The first-order chi connectivity index (χ1) is 10.1. The van der Waals surface area contributed by atoms with E-state index in [-0.39, 0.29) is 11.9 Å². The SMILES string of the molecule is CCOc1ccc(C(=O)NC2(C(=O)OC)CCCC2)cc1. The van der Waals surface area contributed by atoms with Crippen molar-refractivity contribution in [2.45, 2.75) is 38.1 Å². The smallest absolute Gasteiger partial charge is 0.331 e. The van der Waals surface area contributed by atoms with E-state index in [4.69, 9.17) is 9.47 Å². The highest BCUT2D eigenvalue weighted by molar-refractivity contribution is 5.98. The van der Waals surface area contributed by atoms with Gasteiger partial charge in [0.15, 0.2) is 0 Å². The van der Waals surface area contributed by atoms with E-state index in [0.717, 1.165) is 18.6 Å². The highest BCUT2D eigenvalue weighted by atomic mass is 16.5. The second-order valence-electron chi connectivity index (χ2n) is 5.19. The molecule has 1 fully saturated rings. The molecule has 1 aliphatic rings. The van der Waals surface area contributed by atoms with Crippen LogP contribution in [0.15, 0.2) is 24.3 Å². The fraction of sp³-hybridized carbons (Fsp3) is 0.500. The van der Waals surface area contributed by atoms with Crippen LogP contribution in [0.4, 0.5) is 0 Å². The number of nitrogens with one attached hydrogen (secondary N) is 1. The summed E-state index contributed by atoms with van der Waals surface area (Å²) in [6.07, 6.45) is 3.09. The van der Waals surface area contributed by atoms with Gasteiger partial charge in [0.05, 0.1) is 13.7 Å². The number of amides is 1. The number of esters is 1. The Balaban J connectivity index is 2.10. The summed E-state index contributed by atoms with van der Waals surface area (Å²) in [4.78, 5) is 24.3. The zero-order valence-electron chi connectivity index (χ0n) is 12.5. The van der Waals surface area contributed by atoms with Crippen LogP contribution >= 0.6 is 0 Å². The van der Waals surface area contributed by atoms with E-state index in [1.165, 1.54) is 7.11 Å². The van der Waals surface area contributed by atoms with Gasteiger partial charge in [0.25, 0.3) is 5.91 Å². The molecule has 0 radical (unpaired) electrons. The summed E-state index contributed by atoms with van der Waals surface area (Å²) in [6.45, 7) is 2.48. The van der Waals surface area contributed by atoms with Gasteiger partial charge < -0.3 is 14.8 Å².